The number of amides is 1. The first kappa shape index (κ1) is 16.5. The molecule has 1 amide bonds. The van der Waals surface area contributed by atoms with Crippen molar-refractivity contribution in [3.63, 3.8) is 0 Å². The lowest BCUT2D eigenvalue weighted by molar-refractivity contribution is -0.137. The zero-order valence-electron chi connectivity index (χ0n) is 12.9. The minimum Gasteiger partial charge on any atom is -0.350 e. The number of nitrogens with one attached hydrogen (secondary N) is 2. The van der Waals surface area contributed by atoms with E-state index in [1.165, 1.54) is 23.8 Å². The molecule has 0 saturated heterocycles. The van der Waals surface area contributed by atoms with Gasteiger partial charge in [-0.3, -0.25) is 4.79 Å². The minimum absolute atomic E-state index is 0.100. The van der Waals surface area contributed by atoms with E-state index in [0.717, 1.165) is 24.6 Å². The summed E-state index contributed by atoms with van der Waals surface area (Å²) in [6, 6.07) is 12.6. The van der Waals surface area contributed by atoms with Gasteiger partial charge in [0, 0.05) is 12.6 Å². The summed E-state index contributed by atoms with van der Waals surface area (Å²) in [6.45, 7) is 1.01. The average Bonchev–Trinajstić information content (AvgIpc) is 2.59. The summed E-state index contributed by atoms with van der Waals surface area (Å²) < 4.78 is 39.0. The molecule has 1 unspecified atom stereocenters. The molecule has 1 aliphatic rings. The fourth-order valence-corrected chi connectivity index (χ4v) is 2.99. The zero-order valence-corrected chi connectivity index (χ0v) is 12.9. The summed E-state index contributed by atoms with van der Waals surface area (Å²) in [5.41, 5.74) is 1.01. The molecule has 2 N–H and O–H groups in total. The van der Waals surface area contributed by atoms with Gasteiger partial charge in [-0.2, -0.15) is 13.2 Å². The summed E-state index contributed by atoms with van der Waals surface area (Å²) in [5, 5.41) is 5.91. The molecule has 1 atom stereocenters. The summed E-state index contributed by atoms with van der Waals surface area (Å²) in [7, 11) is 0. The van der Waals surface area contributed by atoms with Crippen molar-refractivity contribution in [3.8, 4) is 0 Å². The topological polar surface area (TPSA) is 41.1 Å². The lowest BCUT2D eigenvalue weighted by Gasteiger charge is -2.27. The van der Waals surface area contributed by atoms with Crippen LogP contribution in [0.5, 0.6) is 0 Å². The van der Waals surface area contributed by atoms with Crippen LogP contribution in [0.2, 0.25) is 0 Å². The van der Waals surface area contributed by atoms with E-state index >= 15 is 0 Å². The van der Waals surface area contributed by atoms with E-state index in [4.69, 9.17) is 0 Å². The largest absolute Gasteiger partial charge is 0.417 e. The highest BCUT2D eigenvalue weighted by Gasteiger charge is 2.35. The molecule has 6 heteroatoms. The van der Waals surface area contributed by atoms with E-state index in [-0.39, 0.29) is 18.2 Å². The predicted molar refractivity (Wildman–Crippen MR) is 84.7 cm³/mol. The maximum absolute atomic E-state index is 13.0. The van der Waals surface area contributed by atoms with Gasteiger partial charge in [-0.15, -0.1) is 0 Å². The van der Waals surface area contributed by atoms with Gasteiger partial charge in [0.25, 0.3) is 5.91 Å². The molecule has 0 saturated carbocycles. The fraction of sp³-hybridized carbons (Fsp3) is 0.278. The third kappa shape index (κ3) is 3.43. The fourth-order valence-electron chi connectivity index (χ4n) is 2.99. The van der Waals surface area contributed by atoms with Gasteiger partial charge in [0.15, 0.2) is 0 Å². The third-order valence-electron chi connectivity index (χ3n) is 4.16. The Morgan fingerprint density at radius 2 is 1.83 bits per heavy atom. The van der Waals surface area contributed by atoms with E-state index in [1.807, 2.05) is 24.3 Å². The van der Waals surface area contributed by atoms with Gasteiger partial charge >= 0.3 is 6.18 Å². The van der Waals surface area contributed by atoms with Crippen LogP contribution < -0.4 is 10.6 Å². The highest BCUT2D eigenvalue weighted by Crippen LogP contribution is 2.31. The normalized spacial score (nSPS) is 17.2. The summed E-state index contributed by atoms with van der Waals surface area (Å²) >= 11 is 0. The van der Waals surface area contributed by atoms with Crippen LogP contribution in [0.4, 0.5) is 13.2 Å². The number of rotatable bonds is 3. The first-order valence-electron chi connectivity index (χ1n) is 7.72. The van der Waals surface area contributed by atoms with Gasteiger partial charge in [-0.25, -0.2) is 0 Å². The minimum atomic E-state index is -4.55. The van der Waals surface area contributed by atoms with Crippen LogP contribution in [0.15, 0.2) is 48.5 Å². The van der Waals surface area contributed by atoms with Crippen molar-refractivity contribution in [2.24, 2.45) is 0 Å². The Balaban J connectivity index is 1.74. The van der Waals surface area contributed by atoms with E-state index in [1.54, 1.807) is 0 Å². The Labute approximate surface area is 137 Å². The number of halogens is 3. The molecule has 1 aliphatic heterocycles. The molecule has 0 aromatic heterocycles. The molecule has 126 valence electrons. The highest BCUT2D eigenvalue weighted by molar-refractivity contribution is 5.95. The summed E-state index contributed by atoms with van der Waals surface area (Å²) in [6.07, 6.45) is -3.65. The highest BCUT2D eigenvalue weighted by atomic mass is 19.4. The van der Waals surface area contributed by atoms with Crippen molar-refractivity contribution in [2.45, 2.75) is 18.6 Å². The zero-order chi connectivity index (χ0) is 17.2. The van der Waals surface area contributed by atoms with Crippen molar-refractivity contribution in [1.82, 2.24) is 10.6 Å². The molecule has 2 aromatic rings. The number of hydrogen-bond donors (Lipinski definition) is 2. The number of fused-ring (bicyclic) bond motifs is 1. The maximum Gasteiger partial charge on any atom is 0.417 e. The first-order valence-corrected chi connectivity index (χ1v) is 7.72. The molecule has 0 radical (unpaired) electrons. The molecular weight excluding hydrogens is 317 g/mol. The van der Waals surface area contributed by atoms with Gasteiger partial charge in [0.1, 0.15) is 0 Å². The summed E-state index contributed by atoms with van der Waals surface area (Å²) in [5.74, 6) is -0.715. The number of benzene rings is 2. The quantitative estimate of drug-likeness (QED) is 0.904. The van der Waals surface area contributed by atoms with Crippen LogP contribution in [-0.4, -0.2) is 19.0 Å². The smallest absolute Gasteiger partial charge is 0.350 e. The molecule has 24 heavy (non-hydrogen) atoms. The standard InChI is InChI=1S/C18H17F3N2O/c19-18(20,21)15-8-4-3-7-14(15)17(24)23-11-16-13-6-2-1-5-12(13)9-10-22-16/h1-8,16,22H,9-11H2,(H,23,24). The molecule has 3 rings (SSSR count). The maximum atomic E-state index is 13.0. The van der Waals surface area contributed by atoms with Gasteiger partial charge in [-0.05, 0) is 36.2 Å². The Hall–Kier alpha value is -2.34. The van der Waals surface area contributed by atoms with Gasteiger partial charge in [0.05, 0.1) is 11.1 Å². The molecule has 3 nitrogen and oxygen atoms in total. The third-order valence-corrected chi connectivity index (χ3v) is 4.16. The van der Waals surface area contributed by atoms with Crippen LogP contribution in [0.25, 0.3) is 0 Å². The number of carbonyl (C=O) groups is 1. The van der Waals surface area contributed by atoms with Gasteiger partial charge in [0.2, 0.25) is 0 Å². The van der Waals surface area contributed by atoms with E-state index in [0.29, 0.717) is 0 Å². The number of carbonyl (C=O) groups excluding carboxylic acids is 1. The molecule has 0 aliphatic carbocycles. The van der Waals surface area contributed by atoms with Crippen molar-refractivity contribution in [3.05, 3.63) is 70.8 Å². The van der Waals surface area contributed by atoms with E-state index in [9.17, 15) is 18.0 Å². The Bertz CT molecular complexity index is 743. The molecule has 1 heterocycles. The Morgan fingerprint density at radius 1 is 1.12 bits per heavy atom. The SMILES string of the molecule is O=C(NCC1NCCc2ccccc21)c1ccccc1C(F)(F)F. The van der Waals surface area contributed by atoms with Gasteiger partial charge < -0.3 is 10.6 Å². The first-order chi connectivity index (χ1) is 11.5. The average molecular weight is 334 g/mol. The van der Waals surface area contributed by atoms with Gasteiger partial charge in [-0.1, -0.05) is 36.4 Å². The van der Waals surface area contributed by atoms with Crippen LogP contribution >= 0.6 is 0 Å². The molecule has 0 fully saturated rings. The second kappa shape index (κ2) is 6.65. The number of hydrogen-bond acceptors (Lipinski definition) is 2. The number of alkyl halides is 3. The predicted octanol–water partition coefficient (Wildman–Crippen LogP) is 3.32. The molecule has 0 bridgehead atoms. The van der Waals surface area contributed by atoms with Crippen LogP contribution in [0, 0.1) is 0 Å². The molecule has 0 spiro atoms. The lowest BCUT2D eigenvalue weighted by Crippen LogP contribution is -2.39. The lowest BCUT2D eigenvalue weighted by atomic mass is 9.94. The van der Waals surface area contributed by atoms with Crippen molar-refractivity contribution < 1.29 is 18.0 Å². The van der Waals surface area contributed by atoms with Crippen molar-refractivity contribution in [1.29, 1.82) is 0 Å². The Morgan fingerprint density at radius 3 is 2.62 bits per heavy atom. The van der Waals surface area contributed by atoms with Crippen molar-refractivity contribution >= 4 is 5.91 Å². The van der Waals surface area contributed by atoms with Crippen LogP contribution in [0.3, 0.4) is 0 Å². The van der Waals surface area contributed by atoms with Crippen LogP contribution in [-0.2, 0) is 12.6 Å². The Kier molecular flexibility index (Phi) is 4.57. The molecular formula is C18H17F3N2O. The second-order valence-corrected chi connectivity index (χ2v) is 5.71. The monoisotopic (exact) mass is 334 g/mol. The second-order valence-electron chi connectivity index (χ2n) is 5.71. The van der Waals surface area contributed by atoms with Crippen LogP contribution in [0.1, 0.15) is 33.1 Å². The molecule has 2 aromatic carbocycles. The van der Waals surface area contributed by atoms with E-state index < -0.39 is 17.6 Å². The summed E-state index contributed by atoms with van der Waals surface area (Å²) in [4.78, 5) is 12.2. The van der Waals surface area contributed by atoms with E-state index in [2.05, 4.69) is 10.6 Å². The van der Waals surface area contributed by atoms with Crippen molar-refractivity contribution in [2.75, 3.05) is 13.1 Å².